The van der Waals surface area contributed by atoms with Crippen molar-refractivity contribution in [3.63, 3.8) is 0 Å². The molecule has 29 heavy (non-hydrogen) atoms. The van der Waals surface area contributed by atoms with Crippen LogP contribution in [0, 0.1) is 0 Å². The zero-order chi connectivity index (χ0) is 20.6. The van der Waals surface area contributed by atoms with Crippen molar-refractivity contribution in [2.24, 2.45) is 5.10 Å². The van der Waals surface area contributed by atoms with Gasteiger partial charge >= 0.3 is 0 Å². The van der Waals surface area contributed by atoms with E-state index in [1.165, 1.54) is 0 Å². The molecule has 0 aliphatic carbocycles. The molecule has 2 N–H and O–H groups in total. The monoisotopic (exact) mass is 391 g/mol. The Balaban J connectivity index is 1.65. The third-order valence-corrected chi connectivity index (χ3v) is 4.24. The largest absolute Gasteiger partial charge is 0.493 e. The molecule has 7 nitrogen and oxygen atoms in total. The van der Waals surface area contributed by atoms with E-state index in [1.807, 2.05) is 67.5 Å². The number of rotatable bonds is 8. The Bertz CT molecular complexity index is 977. The van der Waals surface area contributed by atoms with Gasteiger partial charge in [0, 0.05) is 25.3 Å². The Morgan fingerprint density at radius 1 is 1.21 bits per heavy atom. The molecule has 0 fully saturated rings. The summed E-state index contributed by atoms with van der Waals surface area (Å²) in [7, 11) is 3.96. The van der Waals surface area contributed by atoms with Crippen molar-refractivity contribution in [3.8, 4) is 17.0 Å². The molecule has 7 heteroatoms. The van der Waals surface area contributed by atoms with Gasteiger partial charge in [-0.2, -0.15) is 10.2 Å². The minimum atomic E-state index is -0.364. The molecule has 3 aromatic rings. The molecule has 0 spiro atoms. The number of nitrogens with one attached hydrogen (secondary N) is 2. The first-order chi connectivity index (χ1) is 14.1. The van der Waals surface area contributed by atoms with Crippen LogP contribution < -0.4 is 15.1 Å². The lowest BCUT2D eigenvalue weighted by Gasteiger charge is -2.11. The fourth-order valence-corrected chi connectivity index (χ4v) is 2.68. The van der Waals surface area contributed by atoms with Gasteiger partial charge in [-0.15, -0.1) is 0 Å². The summed E-state index contributed by atoms with van der Waals surface area (Å²) in [6.07, 6.45) is 2.51. The van der Waals surface area contributed by atoms with E-state index in [2.05, 4.69) is 27.6 Å². The lowest BCUT2D eigenvalue weighted by Crippen LogP contribution is -2.18. The molecule has 0 atom stereocenters. The number of carbonyl (C=O) groups is 1. The van der Waals surface area contributed by atoms with Crippen LogP contribution in [0.1, 0.15) is 29.4 Å². The molecule has 0 bridgehead atoms. The number of amides is 1. The summed E-state index contributed by atoms with van der Waals surface area (Å²) in [6, 6.07) is 17.2. The maximum absolute atomic E-state index is 12.3. The first-order valence-corrected chi connectivity index (χ1v) is 9.47. The van der Waals surface area contributed by atoms with Gasteiger partial charge in [-0.05, 0) is 42.3 Å². The van der Waals surface area contributed by atoms with Crippen LogP contribution in [0.2, 0.25) is 0 Å². The van der Waals surface area contributed by atoms with Gasteiger partial charge in [0.05, 0.1) is 18.5 Å². The number of para-hydroxylation sites is 1. The molecule has 0 aliphatic heterocycles. The average Bonchev–Trinajstić information content (AvgIpc) is 3.23. The standard InChI is InChI=1S/C22H25N5O2/c1-4-13-29-21-8-6-5-7-18(21)19-14-20(25-24-19)22(28)26-23-15-16-9-11-17(12-10-16)27(2)3/h5-12,14-15H,4,13H2,1-3H3,(H,24,25)(H,26,28)/b23-15-. The predicted octanol–water partition coefficient (Wildman–Crippen LogP) is 3.70. The summed E-state index contributed by atoms with van der Waals surface area (Å²) >= 11 is 0. The second kappa shape index (κ2) is 9.54. The van der Waals surface area contributed by atoms with Crippen molar-refractivity contribution < 1.29 is 9.53 Å². The van der Waals surface area contributed by atoms with Gasteiger partial charge in [0.1, 0.15) is 11.4 Å². The van der Waals surface area contributed by atoms with Gasteiger partial charge in [-0.1, -0.05) is 31.2 Å². The Labute approximate surface area is 170 Å². The number of hydrazone groups is 1. The second-order valence-electron chi connectivity index (χ2n) is 6.70. The summed E-state index contributed by atoms with van der Waals surface area (Å²) in [5, 5.41) is 11.0. The topological polar surface area (TPSA) is 82.6 Å². The van der Waals surface area contributed by atoms with Gasteiger partial charge in [0.2, 0.25) is 0 Å². The number of aromatic amines is 1. The highest BCUT2D eigenvalue weighted by molar-refractivity contribution is 5.94. The molecule has 1 heterocycles. The van der Waals surface area contributed by atoms with E-state index in [-0.39, 0.29) is 5.91 Å². The van der Waals surface area contributed by atoms with E-state index in [4.69, 9.17) is 4.74 Å². The lowest BCUT2D eigenvalue weighted by atomic mass is 10.1. The number of H-pyrrole nitrogens is 1. The number of carbonyl (C=O) groups excluding carboxylic acids is 1. The molecule has 3 rings (SSSR count). The Morgan fingerprint density at radius 3 is 2.69 bits per heavy atom. The zero-order valence-corrected chi connectivity index (χ0v) is 16.8. The van der Waals surface area contributed by atoms with Crippen LogP contribution in [0.25, 0.3) is 11.3 Å². The average molecular weight is 391 g/mol. The summed E-state index contributed by atoms with van der Waals surface area (Å²) in [5.41, 5.74) is 6.31. The lowest BCUT2D eigenvalue weighted by molar-refractivity contribution is 0.0950. The molecule has 0 unspecified atom stereocenters. The van der Waals surface area contributed by atoms with Crippen molar-refractivity contribution in [2.75, 3.05) is 25.6 Å². The fraction of sp³-hybridized carbons (Fsp3) is 0.227. The minimum absolute atomic E-state index is 0.324. The van der Waals surface area contributed by atoms with Crippen LogP contribution in [0.4, 0.5) is 5.69 Å². The van der Waals surface area contributed by atoms with Crippen molar-refractivity contribution >= 4 is 17.8 Å². The van der Waals surface area contributed by atoms with Crippen molar-refractivity contribution in [1.29, 1.82) is 0 Å². The molecule has 150 valence electrons. The third kappa shape index (κ3) is 5.22. The van der Waals surface area contributed by atoms with E-state index < -0.39 is 0 Å². The summed E-state index contributed by atoms with van der Waals surface area (Å²) in [4.78, 5) is 14.4. The van der Waals surface area contributed by atoms with Gasteiger partial charge < -0.3 is 9.64 Å². The van der Waals surface area contributed by atoms with Gasteiger partial charge in [-0.25, -0.2) is 5.43 Å². The van der Waals surface area contributed by atoms with Crippen LogP contribution in [-0.2, 0) is 0 Å². The normalized spacial score (nSPS) is 10.9. The van der Waals surface area contributed by atoms with Crippen molar-refractivity contribution in [2.45, 2.75) is 13.3 Å². The fourth-order valence-electron chi connectivity index (χ4n) is 2.68. The van der Waals surface area contributed by atoms with Gasteiger partial charge in [0.25, 0.3) is 5.91 Å². The predicted molar refractivity (Wildman–Crippen MR) is 116 cm³/mol. The smallest absolute Gasteiger partial charge is 0.289 e. The summed E-state index contributed by atoms with van der Waals surface area (Å²) in [5.74, 6) is 0.379. The molecule has 0 aliphatic rings. The molecular formula is C22H25N5O2. The van der Waals surface area contributed by atoms with Crippen LogP contribution in [-0.4, -0.2) is 43.0 Å². The number of hydrogen-bond acceptors (Lipinski definition) is 5. The highest BCUT2D eigenvalue weighted by atomic mass is 16.5. The number of benzene rings is 2. The Morgan fingerprint density at radius 2 is 1.97 bits per heavy atom. The number of aromatic nitrogens is 2. The molecule has 2 aromatic carbocycles. The molecule has 0 radical (unpaired) electrons. The van der Waals surface area contributed by atoms with Gasteiger partial charge in [0.15, 0.2) is 0 Å². The first kappa shape index (κ1) is 20.1. The number of ether oxygens (including phenoxy) is 1. The van der Waals surface area contributed by atoms with Crippen molar-refractivity contribution in [3.05, 3.63) is 65.9 Å². The highest BCUT2D eigenvalue weighted by Crippen LogP contribution is 2.28. The second-order valence-corrected chi connectivity index (χ2v) is 6.70. The van der Waals surface area contributed by atoms with Gasteiger partial charge in [-0.3, -0.25) is 9.89 Å². The SMILES string of the molecule is CCCOc1ccccc1-c1cc(C(=O)N/N=C\c2ccc(N(C)C)cc2)[nH]n1. The van der Waals surface area contributed by atoms with Crippen LogP contribution in [0.5, 0.6) is 5.75 Å². The minimum Gasteiger partial charge on any atom is -0.493 e. The molecular weight excluding hydrogens is 366 g/mol. The van der Waals surface area contributed by atoms with Crippen molar-refractivity contribution in [1.82, 2.24) is 15.6 Å². The third-order valence-electron chi connectivity index (χ3n) is 4.24. The maximum atomic E-state index is 12.3. The first-order valence-electron chi connectivity index (χ1n) is 9.47. The Kier molecular flexibility index (Phi) is 6.63. The zero-order valence-electron chi connectivity index (χ0n) is 16.8. The Hall–Kier alpha value is -3.61. The number of anilines is 1. The van der Waals surface area contributed by atoms with Crippen LogP contribution in [0.15, 0.2) is 59.7 Å². The number of hydrogen-bond donors (Lipinski definition) is 2. The highest BCUT2D eigenvalue weighted by Gasteiger charge is 2.13. The van der Waals surface area contributed by atoms with Crippen LogP contribution in [0.3, 0.4) is 0 Å². The summed E-state index contributed by atoms with van der Waals surface area (Å²) < 4.78 is 5.77. The molecule has 1 amide bonds. The maximum Gasteiger partial charge on any atom is 0.289 e. The summed E-state index contributed by atoms with van der Waals surface area (Å²) in [6.45, 7) is 2.68. The van der Waals surface area contributed by atoms with E-state index in [9.17, 15) is 4.79 Å². The quantitative estimate of drug-likeness (QED) is 0.453. The molecule has 0 saturated heterocycles. The van der Waals surface area contributed by atoms with E-state index in [0.717, 1.165) is 29.0 Å². The van der Waals surface area contributed by atoms with E-state index in [1.54, 1.807) is 12.3 Å². The van der Waals surface area contributed by atoms with E-state index in [0.29, 0.717) is 18.0 Å². The number of nitrogens with zero attached hydrogens (tertiary/aromatic N) is 3. The molecule has 1 aromatic heterocycles. The van der Waals surface area contributed by atoms with Crippen LogP contribution >= 0.6 is 0 Å². The van der Waals surface area contributed by atoms with E-state index >= 15 is 0 Å². The molecule has 0 saturated carbocycles.